The summed E-state index contributed by atoms with van der Waals surface area (Å²) < 4.78 is 8.28. The molecule has 1 heterocycles. The van der Waals surface area contributed by atoms with E-state index in [2.05, 4.69) is 25.5 Å². The molecule has 0 aliphatic rings. The van der Waals surface area contributed by atoms with Crippen LogP contribution in [0.25, 0.3) is 11.0 Å². The van der Waals surface area contributed by atoms with Crippen molar-refractivity contribution >= 4 is 27.0 Å². The minimum Gasteiger partial charge on any atom is -0.385 e. The predicted octanol–water partition coefficient (Wildman–Crippen LogP) is 2.84. The number of para-hydroxylation sites is 1. The van der Waals surface area contributed by atoms with Crippen LogP contribution in [0.4, 0.5) is 0 Å². The number of nitrogens with zero attached hydrogens (tertiary/aromatic N) is 2. The van der Waals surface area contributed by atoms with Crippen molar-refractivity contribution in [3.63, 3.8) is 0 Å². The first kappa shape index (κ1) is 10.6. The molecular weight excluding hydrogens is 256 g/mol. The van der Waals surface area contributed by atoms with Gasteiger partial charge in [0, 0.05) is 24.7 Å². The maximum absolute atomic E-state index is 5.04. The van der Waals surface area contributed by atoms with E-state index in [4.69, 9.17) is 4.74 Å². The largest absolute Gasteiger partial charge is 0.385 e. The first-order chi connectivity index (χ1) is 7.33. The molecule has 1 aromatic heterocycles. The summed E-state index contributed by atoms with van der Waals surface area (Å²) in [7, 11) is 1.72. The van der Waals surface area contributed by atoms with Gasteiger partial charge in [0.25, 0.3) is 0 Å². The minimum atomic E-state index is 0.782. The molecule has 3 nitrogen and oxygen atoms in total. The zero-order valence-corrected chi connectivity index (χ0v) is 10.2. The fraction of sp³-hybridized carbons (Fsp3) is 0.364. The molecule has 0 aliphatic heterocycles. The van der Waals surface area contributed by atoms with Crippen LogP contribution in [0, 0.1) is 0 Å². The van der Waals surface area contributed by atoms with Crippen LogP contribution < -0.4 is 0 Å². The van der Waals surface area contributed by atoms with Crippen molar-refractivity contribution in [1.82, 2.24) is 9.55 Å². The highest BCUT2D eigenvalue weighted by Crippen LogP contribution is 2.22. The molecule has 0 fully saturated rings. The Morgan fingerprint density at radius 2 is 2.33 bits per heavy atom. The Labute approximate surface area is 97.2 Å². The third kappa shape index (κ3) is 2.21. The Hall–Kier alpha value is -0.870. The van der Waals surface area contributed by atoms with Gasteiger partial charge in [-0.05, 0) is 34.5 Å². The highest BCUT2D eigenvalue weighted by Gasteiger charge is 2.04. The lowest BCUT2D eigenvalue weighted by atomic mass is 10.3. The molecule has 0 spiro atoms. The van der Waals surface area contributed by atoms with Gasteiger partial charge in [0.05, 0.1) is 17.4 Å². The molecule has 0 radical (unpaired) electrons. The van der Waals surface area contributed by atoms with Crippen LogP contribution in [-0.4, -0.2) is 23.3 Å². The van der Waals surface area contributed by atoms with Crippen molar-refractivity contribution in [2.24, 2.45) is 0 Å². The molecule has 0 amide bonds. The van der Waals surface area contributed by atoms with E-state index in [9.17, 15) is 0 Å². The number of hydrogen-bond donors (Lipinski definition) is 0. The number of aromatic nitrogens is 2. The van der Waals surface area contributed by atoms with E-state index in [0.717, 1.165) is 35.1 Å². The van der Waals surface area contributed by atoms with Crippen LogP contribution in [0.1, 0.15) is 6.42 Å². The third-order valence-corrected chi connectivity index (χ3v) is 2.98. The van der Waals surface area contributed by atoms with Gasteiger partial charge in [-0.2, -0.15) is 0 Å². The van der Waals surface area contributed by atoms with E-state index < -0.39 is 0 Å². The van der Waals surface area contributed by atoms with E-state index in [1.54, 1.807) is 7.11 Å². The average molecular weight is 269 g/mol. The lowest BCUT2D eigenvalue weighted by Crippen LogP contribution is -2.00. The summed E-state index contributed by atoms with van der Waals surface area (Å²) in [6, 6.07) is 6.06. The van der Waals surface area contributed by atoms with Crippen molar-refractivity contribution in [3.8, 4) is 0 Å². The lowest BCUT2D eigenvalue weighted by molar-refractivity contribution is 0.190. The maximum Gasteiger partial charge on any atom is 0.0958 e. The van der Waals surface area contributed by atoms with E-state index in [1.165, 1.54) is 0 Å². The summed E-state index contributed by atoms with van der Waals surface area (Å²) in [5.74, 6) is 0. The number of imidazole rings is 1. The summed E-state index contributed by atoms with van der Waals surface area (Å²) in [5.41, 5.74) is 2.19. The Kier molecular flexibility index (Phi) is 3.38. The van der Waals surface area contributed by atoms with Crippen molar-refractivity contribution in [2.75, 3.05) is 13.7 Å². The third-order valence-electron chi connectivity index (χ3n) is 2.34. The molecule has 0 unspecified atom stereocenters. The van der Waals surface area contributed by atoms with Gasteiger partial charge >= 0.3 is 0 Å². The molecule has 0 saturated carbocycles. The van der Waals surface area contributed by atoms with Crippen LogP contribution in [0.15, 0.2) is 29.0 Å². The zero-order valence-electron chi connectivity index (χ0n) is 8.61. The fourth-order valence-corrected chi connectivity index (χ4v) is 2.21. The number of hydrogen-bond acceptors (Lipinski definition) is 2. The molecule has 80 valence electrons. The average Bonchev–Trinajstić information content (AvgIpc) is 2.63. The van der Waals surface area contributed by atoms with E-state index >= 15 is 0 Å². The Balaban J connectivity index is 2.27. The molecule has 15 heavy (non-hydrogen) atoms. The molecular formula is C11H13BrN2O. The number of aryl methyl sites for hydroxylation is 1. The summed E-state index contributed by atoms with van der Waals surface area (Å²) in [6.07, 6.45) is 2.88. The van der Waals surface area contributed by atoms with Crippen molar-refractivity contribution in [2.45, 2.75) is 13.0 Å². The lowest BCUT2D eigenvalue weighted by Gasteiger charge is -2.04. The second-order valence-corrected chi connectivity index (χ2v) is 4.25. The highest BCUT2D eigenvalue weighted by atomic mass is 79.9. The van der Waals surface area contributed by atoms with Crippen LogP contribution in [0.5, 0.6) is 0 Å². The first-order valence-electron chi connectivity index (χ1n) is 4.91. The Bertz CT molecular complexity index is 453. The molecule has 4 heteroatoms. The molecule has 0 bridgehead atoms. The maximum atomic E-state index is 5.04. The highest BCUT2D eigenvalue weighted by molar-refractivity contribution is 9.10. The van der Waals surface area contributed by atoms with Crippen molar-refractivity contribution in [3.05, 3.63) is 29.0 Å². The Morgan fingerprint density at radius 1 is 1.47 bits per heavy atom. The SMILES string of the molecule is COCCCn1cnc2cccc(Br)c21. The van der Waals surface area contributed by atoms with Gasteiger partial charge in [-0.25, -0.2) is 4.98 Å². The normalized spacial score (nSPS) is 11.1. The zero-order chi connectivity index (χ0) is 10.7. The van der Waals surface area contributed by atoms with Crippen molar-refractivity contribution < 1.29 is 4.74 Å². The van der Waals surface area contributed by atoms with E-state index in [-0.39, 0.29) is 0 Å². The fourth-order valence-electron chi connectivity index (χ4n) is 1.63. The molecule has 0 aliphatic carbocycles. The van der Waals surface area contributed by atoms with Crippen LogP contribution >= 0.6 is 15.9 Å². The van der Waals surface area contributed by atoms with Crippen LogP contribution in [0.3, 0.4) is 0 Å². The number of fused-ring (bicyclic) bond motifs is 1. The van der Waals surface area contributed by atoms with E-state index in [0.29, 0.717) is 0 Å². The number of benzene rings is 1. The standard InChI is InChI=1S/C11H13BrN2O/c1-15-7-3-6-14-8-13-10-5-2-4-9(12)11(10)14/h2,4-5,8H,3,6-7H2,1H3. The molecule has 0 atom stereocenters. The number of halogens is 1. The Morgan fingerprint density at radius 3 is 3.13 bits per heavy atom. The van der Waals surface area contributed by atoms with Gasteiger partial charge in [-0.15, -0.1) is 0 Å². The van der Waals surface area contributed by atoms with E-state index in [1.807, 2.05) is 24.5 Å². The topological polar surface area (TPSA) is 27.1 Å². The summed E-state index contributed by atoms with van der Waals surface area (Å²) in [6.45, 7) is 1.72. The first-order valence-corrected chi connectivity index (χ1v) is 5.70. The second-order valence-electron chi connectivity index (χ2n) is 3.39. The van der Waals surface area contributed by atoms with Gasteiger partial charge in [0.2, 0.25) is 0 Å². The van der Waals surface area contributed by atoms with Crippen molar-refractivity contribution in [1.29, 1.82) is 0 Å². The summed E-state index contributed by atoms with van der Waals surface area (Å²) >= 11 is 3.54. The molecule has 0 N–H and O–H groups in total. The number of rotatable bonds is 4. The molecule has 0 saturated heterocycles. The second kappa shape index (κ2) is 4.77. The smallest absolute Gasteiger partial charge is 0.0958 e. The van der Waals surface area contributed by atoms with Gasteiger partial charge in [0.1, 0.15) is 0 Å². The molecule has 2 aromatic rings. The summed E-state index contributed by atoms with van der Waals surface area (Å²) in [5, 5.41) is 0. The summed E-state index contributed by atoms with van der Waals surface area (Å²) in [4.78, 5) is 4.35. The predicted molar refractivity (Wildman–Crippen MR) is 63.9 cm³/mol. The van der Waals surface area contributed by atoms with Crippen LogP contribution in [0.2, 0.25) is 0 Å². The van der Waals surface area contributed by atoms with Crippen LogP contribution in [-0.2, 0) is 11.3 Å². The molecule has 1 aromatic carbocycles. The molecule has 2 rings (SSSR count). The number of ether oxygens (including phenoxy) is 1. The minimum absolute atomic E-state index is 0.782. The van der Waals surface area contributed by atoms with Gasteiger partial charge in [0.15, 0.2) is 0 Å². The quantitative estimate of drug-likeness (QED) is 0.798. The monoisotopic (exact) mass is 268 g/mol. The van der Waals surface area contributed by atoms with Gasteiger partial charge < -0.3 is 9.30 Å². The number of methoxy groups -OCH3 is 1. The van der Waals surface area contributed by atoms with Gasteiger partial charge in [-0.3, -0.25) is 0 Å². The van der Waals surface area contributed by atoms with Gasteiger partial charge in [-0.1, -0.05) is 6.07 Å².